The number of benzene rings is 1. The molecule has 1 aliphatic rings. The normalized spacial score (nSPS) is 16.4. The molecule has 31 heavy (non-hydrogen) atoms. The highest BCUT2D eigenvalue weighted by Gasteiger charge is 2.23. The maximum atomic E-state index is 12.5. The van der Waals surface area contributed by atoms with Crippen molar-refractivity contribution in [1.29, 1.82) is 0 Å². The number of hydrogen-bond donors (Lipinski definition) is 0. The average molecular weight is 444 g/mol. The van der Waals surface area contributed by atoms with Crippen molar-refractivity contribution >= 4 is 11.6 Å². The van der Waals surface area contributed by atoms with E-state index in [-0.39, 0.29) is 24.9 Å². The first-order chi connectivity index (χ1) is 15.1. The van der Waals surface area contributed by atoms with Crippen molar-refractivity contribution in [3.63, 3.8) is 0 Å². The quantitative estimate of drug-likeness (QED) is 0.528. The van der Waals surface area contributed by atoms with E-state index in [1.54, 1.807) is 30.6 Å². The molecule has 0 radical (unpaired) electrons. The van der Waals surface area contributed by atoms with E-state index in [1.807, 2.05) is 24.3 Å². The fraction of sp³-hybridized carbons (Fsp3) is 0.304. The Morgan fingerprint density at radius 3 is 2.68 bits per heavy atom. The number of halogens is 2. The SMILES string of the molecule is O=c1cc(OCc2ccc(Cl)cn2)ccn1-c1ccc(O[C@@H]2CCN(CCF)C2)cc1. The highest BCUT2D eigenvalue weighted by Crippen LogP contribution is 2.20. The van der Waals surface area contributed by atoms with Crippen LogP contribution >= 0.6 is 11.6 Å². The summed E-state index contributed by atoms with van der Waals surface area (Å²) in [6.07, 6.45) is 4.17. The monoisotopic (exact) mass is 443 g/mol. The Kier molecular flexibility index (Phi) is 6.84. The minimum atomic E-state index is -0.335. The fourth-order valence-electron chi connectivity index (χ4n) is 3.51. The maximum absolute atomic E-state index is 12.5. The van der Waals surface area contributed by atoms with Crippen molar-refractivity contribution in [2.24, 2.45) is 0 Å². The Morgan fingerprint density at radius 1 is 1.13 bits per heavy atom. The van der Waals surface area contributed by atoms with Crippen LogP contribution in [0.15, 0.2) is 65.7 Å². The van der Waals surface area contributed by atoms with Gasteiger partial charge in [0.1, 0.15) is 30.9 Å². The molecular weight excluding hydrogens is 421 g/mol. The lowest BCUT2D eigenvalue weighted by Crippen LogP contribution is -2.26. The second kappa shape index (κ2) is 9.94. The molecule has 4 rings (SSSR count). The van der Waals surface area contributed by atoms with E-state index < -0.39 is 0 Å². The van der Waals surface area contributed by atoms with E-state index in [4.69, 9.17) is 21.1 Å². The van der Waals surface area contributed by atoms with Gasteiger partial charge in [0.05, 0.1) is 10.7 Å². The first-order valence-electron chi connectivity index (χ1n) is 10.1. The zero-order chi connectivity index (χ0) is 21.6. The third-order valence-electron chi connectivity index (χ3n) is 5.11. The average Bonchev–Trinajstić information content (AvgIpc) is 3.21. The van der Waals surface area contributed by atoms with Crippen LogP contribution in [-0.2, 0) is 6.61 Å². The first-order valence-corrected chi connectivity index (χ1v) is 10.5. The number of pyridine rings is 2. The lowest BCUT2D eigenvalue weighted by molar-refractivity contribution is 0.196. The van der Waals surface area contributed by atoms with E-state index in [9.17, 15) is 9.18 Å². The largest absolute Gasteiger partial charge is 0.489 e. The van der Waals surface area contributed by atoms with Gasteiger partial charge in [-0.15, -0.1) is 0 Å². The van der Waals surface area contributed by atoms with Crippen LogP contribution in [0.2, 0.25) is 5.02 Å². The number of alkyl halides is 1. The predicted octanol–water partition coefficient (Wildman–Crippen LogP) is 3.89. The van der Waals surface area contributed by atoms with Crippen LogP contribution in [0.1, 0.15) is 12.1 Å². The summed E-state index contributed by atoms with van der Waals surface area (Å²) in [6, 6.07) is 14.1. The van der Waals surface area contributed by atoms with Gasteiger partial charge in [0, 0.05) is 43.8 Å². The Labute approximate surface area is 184 Å². The van der Waals surface area contributed by atoms with Gasteiger partial charge in [0.15, 0.2) is 0 Å². The van der Waals surface area contributed by atoms with Crippen LogP contribution in [0.5, 0.6) is 11.5 Å². The summed E-state index contributed by atoms with van der Waals surface area (Å²) in [6.45, 7) is 1.95. The minimum absolute atomic E-state index is 0.0617. The molecule has 3 heterocycles. The number of likely N-dealkylation sites (tertiary alicyclic amines) is 1. The van der Waals surface area contributed by atoms with Gasteiger partial charge in [0.25, 0.3) is 5.56 Å². The predicted molar refractivity (Wildman–Crippen MR) is 117 cm³/mol. The molecule has 8 heteroatoms. The zero-order valence-electron chi connectivity index (χ0n) is 16.9. The van der Waals surface area contributed by atoms with Crippen molar-refractivity contribution in [3.8, 4) is 17.2 Å². The van der Waals surface area contributed by atoms with E-state index in [0.29, 0.717) is 17.3 Å². The summed E-state index contributed by atoms with van der Waals surface area (Å²) in [4.78, 5) is 18.8. The van der Waals surface area contributed by atoms with Gasteiger partial charge in [-0.3, -0.25) is 19.2 Å². The first kappa shape index (κ1) is 21.3. The van der Waals surface area contributed by atoms with E-state index in [2.05, 4.69) is 9.88 Å². The molecule has 162 valence electrons. The summed E-state index contributed by atoms with van der Waals surface area (Å²) >= 11 is 5.82. The van der Waals surface area contributed by atoms with Crippen LogP contribution in [0, 0.1) is 0 Å². The van der Waals surface area contributed by atoms with Gasteiger partial charge < -0.3 is 9.47 Å². The smallest absolute Gasteiger partial charge is 0.258 e. The number of ether oxygens (including phenoxy) is 2. The van der Waals surface area contributed by atoms with Gasteiger partial charge in [0.2, 0.25) is 0 Å². The highest BCUT2D eigenvalue weighted by atomic mass is 35.5. The number of nitrogens with zero attached hydrogens (tertiary/aromatic N) is 3. The van der Waals surface area contributed by atoms with Crippen LogP contribution in [0.3, 0.4) is 0 Å². The Balaban J connectivity index is 1.36. The molecule has 1 atom stereocenters. The van der Waals surface area contributed by atoms with E-state index >= 15 is 0 Å². The fourth-order valence-corrected chi connectivity index (χ4v) is 3.62. The lowest BCUT2D eigenvalue weighted by atomic mass is 10.2. The highest BCUT2D eigenvalue weighted by molar-refractivity contribution is 6.30. The van der Waals surface area contributed by atoms with Crippen molar-refractivity contribution in [1.82, 2.24) is 14.5 Å². The third-order valence-corrected chi connectivity index (χ3v) is 5.34. The second-order valence-corrected chi connectivity index (χ2v) is 7.78. The van der Waals surface area contributed by atoms with Gasteiger partial charge in [-0.05, 0) is 48.9 Å². The standard InChI is InChI=1S/C23H23ClFN3O3/c24-17-1-2-18(26-14-17)16-30-21-8-11-28(23(29)13-21)19-3-5-20(6-4-19)31-22-7-10-27(15-22)12-9-25/h1-6,8,11,13-14,22H,7,9-10,12,15-16H2/t22-/m1/s1. The Hall–Kier alpha value is -2.90. The molecular formula is C23H23ClFN3O3. The van der Waals surface area contributed by atoms with Gasteiger partial charge >= 0.3 is 0 Å². The van der Waals surface area contributed by atoms with Gasteiger partial charge in [-0.2, -0.15) is 0 Å². The molecule has 1 fully saturated rings. The maximum Gasteiger partial charge on any atom is 0.258 e. The molecule has 1 saturated heterocycles. The van der Waals surface area contributed by atoms with Crippen molar-refractivity contribution in [2.45, 2.75) is 19.1 Å². The third kappa shape index (κ3) is 5.62. The van der Waals surface area contributed by atoms with E-state index in [1.165, 1.54) is 10.6 Å². The molecule has 2 aromatic heterocycles. The van der Waals surface area contributed by atoms with Crippen molar-refractivity contribution in [2.75, 3.05) is 26.3 Å². The lowest BCUT2D eigenvalue weighted by Gasteiger charge is -2.16. The number of aromatic nitrogens is 2. The van der Waals surface area contributed by atoms with Crippen LogP contribution < -0.4 is 15.0 Å². The van der Waals surface area contributed by atoms with E-state index in [0.717, 1.165) is 36.6 Å². The topological polar surface area (TPSA) is 56.6 Å². The van der Waals surface area contributed by atoms with Gasteiger partial charge in [-0.25, -0.2) is 4.39 Å². The number of rotatable bonds is 8. The molecule has 0 spiro atoms. The molecule has 0 amide bonds. The summed E-state index contributed by atoms with van der Waals surface area (Å²) in [5.74, 6) is 1.20. The molecule has 0 unspecified atom stereocenters. The molecule has 1 aliphatic heterocycles. The van der Waals surface area contributed by atoms with Crippen LogP contribution in [-0.4, -0.2) is 46.9 Å². The summed E-state index contributed by atoms with van der Waals surface area (Å²) < 4.78 is 25.7. The second-order valence-electron chi connectivity index (χ2n) is 7.34. The molecule has 0 bridgehead atoms. The van der Waals surface area contributed by atoms with Gasteiger partial charge in [-0.1, -0.05) is 11.6 Å². The van der Waals surface area contributed by atoms with Crippen molar-refractivity contribution < 1.29 is 13.9 Å². The molecule has 3 aromatic rings. The molecule has 1 aromatic carbocycles. The Bertz CT molecular complexity index is 1060. The summed E-state index contributed by atoms with van der Waals surface area (Å²) in [5.41, 5.74) is 1.25. The zero-order valence-corrected chi connectivity index (χ0v) is 17.7. The Morgan fingerprint density at radius 2 is 1.97 bits per heavy atom. The summed E-state index contributed by atoms with van der Waals surface area (Å²) in [5, 5.41) is 0.560. The number of hydrogen-bond acceptors (Lipinski definition) is 5. The molecule has 0 aliphatic carbocycles. The summed E-state index contributed by atoms with van der Waals surface area (Å²) in [7, 11) is 0. The molecule has 0 N–H and O–H groups in total. The van der Waals surface area contributed by atoms with Crippen LogP contribution in [0.4, 0.5) is 4.39 Å². The van der Waals surface area contributed by atoms with Crippen LogP contribution in [0.25, 0.3) is 5.69 Å². The minimum Gasteiger partial charge on any atom is -0.489 e. The molecule has 0 saturated carbocycles. The molecule has 6 nitrogen and oxygen atoms in total. The van der Waals surface area contributed by atoms with Crippen molar-refractivity contribution in [3.05, 3.63) is 82.0 Å².